The highest BCUT2D eigenvalue weighted by molar-refractivity contribution is 9.10. The Hall–Kier alpha value is 0.1000. The highest BCUT2D eigenvalue weighted by atomic mass is 79.9. The molecule has 14 heavy (non-hydrogen) atoms. The number of hydrogen-bond acceptors (Lipinski definition) is 3. The zero-order chi connectivity index (χ0) is 10.1. The number of hydrogen-bond donors (Lipinski definition) is 1. The van der Waals surface area contributed by atoms with Gasteiger partial charge in [0.2, 0.25) is 0 Å². The van der Waals surface area contributed by atoms with Crippen molar-refractivity contribution in [3.8, 4) is 0 Å². The summed E-state index contributed by atoms with van der Waals surface area (Å²) in [4.78, 5) is 3.82. The molecule has 1 aromatic rings. The molecule has 1 aliphatic carbocycles. The monoisotopic (exact) mass is 274 g/mol. The summed E-state index contributed by atoms with van der Waals surface area (Å²) in [6, 6.07) is 3.34. The molecule has 0 radical (unpaired) electrons. The van der Waals surface area contributed by atoms with Crippen molar-refractivity contribution in [3.63, 3.8) is 0 Å². The first-order chi connectivity index (χ1) is 6.65. The summed E-state index contributed by atoms with van der Waals surface area (Å²) in [6.07, 6.45) is 2.31. The lowest BCUT2D eigenvalue weighted by Gasteiger charge is -2.39. The van der Waals surface area contributed by atoms with Crippen LogP contribution in [0.5, 0.6) is 0 Å². The molecule has 2 rings (SSSR count). The molecule has 0 atom stereocenters. The van der Waals surface area contributed by atoms with Gasteiger partial charge < -0.3 is 5.73 Å². The molecule has 1 saturated carbocycles. The molecule has 1 aromatic heterocycles. The van der Waals surface area contributed by atoms with Crippen LogP contribution < -0.4 is 5.73 Å². The van der Waals surface area contributed by atoms with E-state index in [-0.39, 0.29) is 0 Å². The summed E-state index contributed by atoms with van der Waals surface area (Å²) >= 11 is 5.28. The predicted octanol–water partition coefficient (Wildman–Crippen LogP) is 2.43. The van der Waals surface area contributed by atoms with E-state index < -0.39 is 0 Å². The van der Waals surface area contributed by atoms with E-state index in [1.807, 2.05) is 11.3 Å². The zero-order valence-corrected chi connectivity index (χ0v) is 10.6. The Kier molecular flexibility index (Phi) is 3.27. The molecule has 0 spiro atoms. The van der Waals surface area contributed by atoms with Gasteiger partial charge in [0.15, 0.2) is 0 Å². The predicted molar refractivity (Wildman–Crippen MR) is 64.5 cm³/mol. The van der Waals surface area contributed by atoms with Crippen LogP contribution in [0.25, 0.3) is 0 Å². The molecule has 1 fully saturated rings. The van der Waals surface area contributed by atoms with Gasteiger partial charge in [-0.25, -0.2) is 0 Å². The fourth-order valence-electron chi connectivity index (χ4n) is 1.80. The summed E-state index contributed by atoms with van der Waals surface area (Å²) in [5.41, 5.74) is 5.77. The lowest BCUT2D eigenvalue weighted by atomic mass is 9.86. The molecule has 4 heteroatoms. The van der Waals surface area contributed by atoms with Crippen LogP contribution in [0.4, 0.5) is 0 Å². The van der Waals surface area contributed by atoms with Gasteiger partial charge in [0, 0.05) is 33.4 Å². The van der Waals surface area contributed by atoms with Gasteiger partial charge in [-0.2, -0.15) is 0 Å². The van der Waals surface area contributed by atoms with Crippen LogP contribution in [0.1, 0.15) is 17.7 Å². The van der Waals surface area contributed by atoms with Crippen molar-refractivity contribution in [2.24, 2.45) is 5.73 Å². The van der Waals surface area contributed by atoms with Crippen molar-refractivity contribution in [1.29, 1.82) is 0 Å². The van der Waals surface area contributed by atoms with Gasteiger partial charge in [0.05, 0.1) is 0 Å². The highest BCUT2D eigenvalue weighted by Crippen LogP contribution is 2.26. The molecule has 0 unspecified atom stereocenters. The van der Waals surface area contributed by atoms with Crippen LogP contribution >= 0.6 is 27.3 Å². The summed E-state index contributed by atoms with van der Waals surface area (Å²) in [5.74, 6) is 0. The Morgan fingerprint density at radius 2 is 2.36 bits per heavy atom. The van der Waals surface area contributed by atoms with Crippen LogP contribution in [-0.4, -0.2) is 24.0 Å². The molecule has 0 bridgehead atoms. The fraction of sp³-hybridized carbons (Fsp3) is 0.600. The van der Waals surface area contributed by atoms with Crippen LogP contribution in [0, 0.1) is 0 Å². The Morgan fingerprint density at radius 1 is 1.64 bits per heavy atom. The van der Waals surface area contributed by atoms with Crippen molar-refractivity contribution in [3.05, 3.63) is 20.8 Å². The van der Waals surface area contributed by atoms with Crippen LogP contribution in [-0.2, 0) is 6.54 Å². The van der Waals surface area contributed by atoms with Gasteiger partial charge in [-0.1, -0.05) is 0 Å². The van der Waals surface area contributed by atoms with Crippen molar-refractivity contribution in [1.82, 2.24) is 4.90 Å². The average molecular weight is 275 g/mol. The van der Waals surface area contributed by atoms with Crippen molar-refractivity contribution >= 4 is 27.3 Å². The van der Waals surface area contributed by atoms with Gasteiger partial charge >= 0.3 is 0 Å². The topological polar surface area (TPSA) is 29.3 Å². The van der Waals surface area contributed by atoms with E-state index in [1.54, 1.807) is 0 Å². The van der Waals surface area contributed by atoms with Gasteiger partial charge in [-0.3, -0.25) is 4.90 Å². The molecule has 1 heterocycles. The standard InChI is InChI=1S/C10H15BrN2S/c1-13(9-3-8(12)4-9)5-10-2-7(11)6-14-10/h2,6,8-9H,3-5,12H2,1H3. The highest BCUT2D eigenvalue weighted by Gasteiger charge is 2.29. The summed E-state index contributed by atoms with van der Waals surface area (Å²) in [6.45, 7) is 1.05. The molecular formula is C10H15BrN2S. The normalized spacial score (nSPS) is 26.6. The third-order valence-electron chi connectivity index (χ3n) is 2.80. The van der Waals surface area contributed by atoms with Crippen LogP contribution in [0.2, 0.25) is 0 Å². The Morgan fingerprint density at radius 3 is 2.86 bits per heavy atom. The third kappa shape index (κ3) is 2.37. The Bertz CT molecular complexity index is 307. The first kappa shape index (κ1) is 10.6. The number of rotatable bonds is 3. The largest absolute Gasteiger partial charge is 0.328 e. The lowest BCUT2D eigenvalue weighted by Crippen LogP contribution is -2.48. The van der Waals surface area contributed by atoms with E-state index in [0.29, 0.717) is 12.1 Å². The molecule has 0 saturated heterocycles. The number of nitrogens with two attached hydrogens (primary N) is 1. The van der Waals surface area contributed by atoms with Gasteiger partial charge in [-0.05, 0) is 41.9 Å². The Labute approximate surface area is 97.2 Å². The van der Waals surface area contributed by atoms with E-state index in [0.717, 1.165) is 19.4 Å². The smallest absolute Gasteiger partial charge is 0.0328 e. The van der Waals surface area contributed by atoms with Gasteiger partial charge in [0.25, 0.3) is 0 Å². The van der Waals surface area contributed by atoms with Gasteiger partial charge in [-0.15, -0.1) is 11.3 Å². The van der Waals surface area contributed by atoms with Crippen LogP contribution in [0.15, 0.2) is 15.9 Å². The molecule has 2 N–H and O–H groups in total. The summed E-state index contributed by atoms with van der Waals surface area (Å²) < 4.78 is 1.19. The number of halogens is 1. The molecule has 78 valence electrons. The maximum atomic E-state index is 5.77. The zero-order valence-electron chi connectivity index (χ0n) is 8.24. The van der Waals surface area contributed by atoms with Gasteiger partial charge in [0.1, 0.15) is 0 Å². The summed E-state index contributed by atoms with van der Waals surface area (Å²) in [5, 5.41) is 2.13. The Balaban J connectivity index is 1.85. The minimum Gasteiger partial charge on any atom is -0.328 e. The van der Waals surface area contributed by atoms with Crippen molar-refractivity contribution < 1.29 is 0 Å². The minimum absolute atomic E-state index is 0.442. The molecule has 0 aromatic carbocycles. The maximum absolute atomic E-state index is 5.77. The van der Waals surface area contributed by atoms with E-state index in [4.69, 9.17) is 5.73 Å². The molecular weight excluding hydrogens is 260 g/mol. The number of nitrogens with zero attached hydrogens (tertiary/aromatic N) is 1. The van der Waals surface area contributed by atoms with E-state index in [9.17, 15) is 0 Å². The van der Waals surface area contributed by atoms with E-state index in [2.05, 4.69) is 39.3 Å². The van der Waals surface area contributed by atoms with Crippen molar-refractivity contribution in [2.45, 2.75) is 31.5 Å². The second-order valence-electron chi connectivity index (χ2n) is 4.03. The van der Waals surface area contributed by atoms with Crippen LogP contribution in [0.3, 0.4) is 0 Å². The van der Waals surface area contributed by atoms with E-state index >= 15 is 0 Å². The lowest BCUT2D eigenvalue weighted by molar-refractivity contribution is 0.133. The molecule has 1 aliphatic rings. The van der Waals surface area contributed by atoms with E-state index in [1.165, 1.54) is 9.35 Å². The van der Waals surface area contributed by atoms with Crippen molar-refractivity contribution in [2.75, 3.05) is 7.05 Å². The average Bonchev–Trinajstić information content (AvgIpc) is 2.45. The molecule has 0 aliphatic heterocycles. The second kappa shape index (κ2) is 4.31. The fourth-order valence-corrected chi connectivity index (χ4v) is 3.31. The SMILES string of the molecule is CN(Cc1cc(Br)cs1)C1CC(N)C1. The minimum atomic E-state index is 0.442. The summed E-state index contributed by atoms with van der Waals surface area (Å²) in [7, 11) is 2.18. The number of thiophene rings is 1. The first-order valence-electron chi connectivity index (χ1n) is 4.84. The third-order valence-corrected chi connectivity index (χ3v) is 4.48. The second-order valence-corrected chi connectivity index (χ2v) is 5.94. The molecule has 0 amide bonds. The maximum Gasteiger partial charge on any atom is 0.0328 e. The quantitative estimate of drug-likeness (QED) is 0.918. The first-order valence-corrected chi connectivity index (χ1v) is 6.51. The molecule has 2 nitrogen and oxygen atoms in total.